The molecule has 5 rings (SSSR count). The molecule has 1 aromatic carbocycles. The molecule has 0 aliphatic heterocycles. The first-order valence-electron chi connectivity index (χ1n) is 9.96. The maximum Gasteiger partial charge on any atom is 0.401 e. The molecule has 0 saturated heterocycles. The highest BCUT2D eigenvalue weighted by Gasteiger charge is 2.66. The molecule has 1 fully saturated rings. The lowest BCUT2D eigenvalue weighted by molar-refractivity contribution is -0.165. The van der Waals surface area contributed by atoms with Gasteiger partial charge >= 0.3 is 6.18 Å². The summed E-state index contributed by atoms with van der Waals surface area (Å²) in [4.78, 5) is 16.7. The van der Waals surface area contributed by atoms with Crippen LogP contribution >= 0.6 is 0 Å². The van der Waals surface area contributed by atoms with Crippen LogP contribution in [0.5, 0.6) is 0 Å². The average Bonchev–Trinajstić information content (AvgIpc) is 3.34. The molecule has 0 radical (unpaired) electrons. The number of alkyl halides is 3. The van der Waals surface area contributed by atoms with Crippen LogP contribution < -0.4 is 5.32 Å². The predicted octanol–water partition coefficient (Wildman–Crippen LogP) is 4.40. The largest absolute Gasteiger partial charge is 0.401 e. The predicted molar refractivity (Wildman–Crippen MR) is 110 cm³/mol. The number of aryl methyl sites for hydroxylation is 1. The van der Waals surface area contributed by atoms with Crippen molar-refractivity contribution in [1.82, 2.24) is 19.9 Å². The minimum absolute atomic E-state index is 0.0206. The second-order valence-electron chi connectivity index (χ2n) is 7.97. The quantitative estimate of drug-likeness (QED) is 0.496. The van der Waals surface area contributed by atoms with Crippen molar-refractivity contribution in [2.45, 2.75) is 30.9 Å². The Morgan fingerprint density at radius 3 is 2.59 bits per heavy atom. The zero-order valence-electron chi connectivity index (χ0n) is 17.0. The van der Waals surface area contributed by atoms with Gasteiger partial charge in [-0.15, -0.1) is 0 Å². The number of anilines is 1. The number of nitrogens with one attached hydrogen (secondary N) is 1. The normalized spacial score (nSPS) is 15.1. The number of aromatic nitrogens is 4. The first-order chi connectivity index (χ1) is 15.2. The highest BCUT2D eigenvalue weighted by atomic mass is 19.4. The van der Waals surface area contributed by atoms with Crippen molar-refractivity contribution in [2.75, 3.05) is 5.32 Å². The summed E-state index contributed by atoms with van der Waals surface area (Å²) in [6.45, 7) is 0. The second-order valence-corrected chi connectivity index (χ2v) is 7.97. The summed E-state index contributed by atoms with van der Waals surface area (Å²) < 4.78 is 46.2. The molecule has 4 aromatic rings. The Hall–Kier alpha value is -3.69. The maximum atomic E-state index is 13.2. The van der Waals surface area contributed by atoms with Crippen molar-refractivity contribution in [3.8, 4) is 11.1 Å². The Kier molecular flexibility index (Phi) is 4.54. The Morgan fingerprint density at radius 1 is 1.16 bits per heavy atom. The van der Waals surface area contributed by atoms with Crippen molar-refractivity contribution in [3.05, 3.63) is 60.1 Å². The van der Waals surface area contributed by atoms with Crippen molar-refractivity contribution in [1.29, 1.82) is 0 Å². The van der Waals surface area contributed by atoms with E-state index in [2.05, 4.69) is 20.6 Å². The second kappa shape index (κ2) is 7.18. The maximum absolute atomic E-state index is 13.2. The molecule has 1 aliphatic carbocycles. The van der Waals surface area contributed by atoms with Crippen LogP contribution in [0, 0.1) is 0 Å². The molecular formula is C22H18F3N5O2. The van der Waals surface area contributed by atoms with Crippen molar-refractivity contribution >= 4 is 22.8 Å². The van der Waals surface area contributed by atoms with Crippen molar-refractivity contribution in [2.24, 2.45) is 7.05 Å². The number of fused-ring (bicyclic) bond motifs is 1. The van der Waals surface area contributed by atoms with Crippen LogP contribution in [0.2, 0.25) is 0 Å². The van der Waals surface area contributed by atoms with Crippen LogP contribution in [0.1, 0.15) is 24.2 Å². The first-order valence-corrected chi connectivity index (χ1v) is 9.96. The van der Waals surface area contributed by atoms with Gasteiger partial charge in [-0.05, 0) is 30.0 Å². The number of carbonyl (C=O) groups is 1. The highest BCUT2D eigenvalue weighted by molar-refractivity contribution is 5.91. The number of rotatable bonds is 5. The van der Waals surface area contributed by atoms with E-state index in [4.69, 9.17) is 4.52 Å². The van der Waals surface area contributed by atoms with Gasteiger partial charge in [0.15, 0.2) is 11.6 Å². The number of halogens is 3. The van der Waals surface area contributed by atoms with E-state index in [1.54, 1.807) is 17.1 Å². The number of nitrogens with zero attached hydrogens (tertiary/aromatic N) is 4. The van der Waals surface area contributed by atoms with Crippen LogP contribution in [-0.4, -0.2) is 32.0 Å². The Balaban J connectivity index is 1.25. The van der Waals surface area contributed by atoms with Gasteiger partial charge in [-0.1, -0.05) is 29.4 Å². The van der Waals surface area contributed by atoms with E-state index in [1.165, 1.54) is 0 Å². The Morgan fingerprint density at radius 2 is 1.91 bits per heavy atom. The Bertz CT molecular complexity index is 1300. The van der Waals surface area contributed by atoms with E-state index in [1.807, 2.05) is 37.4 Å². The molecule has 164 valence electrons. The zero-order valence-corrected chi connectivity index (χ0v) is 17.0. The molecule has 10 heteroatoms. The van der Waals surface area contributed by atoms with Gasteiger partial charge in [0.05, 0.1) is 18.1 Å². The molecule has 0 atom stereocenters. The summed E-state index contributed by atoms with van der Waals surface area (Å²) in [5.41, 5.74) is 2.36. The highest BCUT2D eigenvalue weighted by Crippen LogP contribution is 2.59. The molecule has 0 bridgehead atoms. The molecule has 32 heavy (non-hydrogen) atoms. The van der Waals surface area contributed by atoms with Gasteiger partial charge in [0.2, 0.25) is 5.91 Å². The van der Waals surface area contributed by atoms with E-state index in [0.29, 0.717) is 0 Å². The minimum Gasteiger partial charge on any atom is -0.358 e. The number of amides is 1. The van der Waals surface area contributed by atoms with E-state index >= 15 is 0 Å². The topological polar surface area (TPSA) is 85.8 Å². The molecule has 3 aromatic heterocycles. The SMILES string of the molecule is Cn1ncc2ncc(-c3ccc(CC(=O)Nc4cc(C5(C(F)(F)F)CC5)on4)cc3)cc21. The number of benzene rings is 1. The molecular weight excluding hydrogens is 423 g/mol. The fourth-order valence-corrected chi connectivity index (χ4v) is 3.73. The van der Waals surface area contributed by atoms with Gasteiger partial charge in [0, 0.05) is 24.9 Å². The van der Waals surface area contributed by atoms with Crippen LogP contribution in [0.15, 0.2) is 53.3 Å². The summed E-state index contributed by atoms with van der Waals surface area (Å²) in [6, 6.07) is 10.6. The van der Waals surface area contributed by atoms with Gasteiger partial charge in [-0.2, -0.15) is 18.3 Å². The number of hydrogen-bond donors (Lipinski definition) is 1. The lowest BCUT2D eigenvalue weighted by Gasteiger charge is -2.14. The lowest BCUT2D eigenvalue weighted by atomic mass is 10.0. The van der Waals surface area contributed by atoms with Gasteiger partial charge in [0.25, 0.3) is 0 Å². The van der Waals surface area contributed by atoms with E-state index < -0.39 is 17.5 Å². The summed E-state index contributed by atoms with van der Waals surface area (Å²) in [6.07, 6.45) is -0.949. The number of hydrogen-bond acceptors (Lipinski definition) is 5. The van der Waals surface area contributed by atoms with Crippen molar-refractivity contribution < 1.29 is 22.5 Å². The molecule has 1 aliphatic rings. The van der Waals surface area contributed by atoms with Crippen LogP contribution in [0.4, 0.5) is 19.0 Å². The van der Waals surface area contributed by atoms with Crippen LogP contribution in [0.3, 0.4) is 0 Å². The summed E-state index contributed by atoms with van der Waals surface area (Å²) >= 11 is 0. The van der Waals surface area contributed by atoms with E-state index in [9.17, 15) is 18.0 Å². The fraction of sp³-hybridized carbons (Fsp3) is 0.273. The van der Waals surface area contributed by atoms with E-state index in [-0.39, 0.29) is 30.8 Å². The smallest absolute Gasteiger partial charge is 0.358 e. The fourth-order valence-electron chi connectivity index (χ4n) is 3.73. The summed E-state index contributed by atoms with van der Waals surface area (Å²) in [5, 5.41) is 10.3. The van der Waals surface area contributed by atoms with Crippen molar-refractivity contribution in [3.63, 3.8) is 0 Å². The lowest BCUT2D eigenvalue weighted by Crippen LogP contribution is -2.28. The zero-order chi connectivity index (χ0) is 22.5. The summed E-state index contributed by atoms with van der Waals surface area (Å²) in [5.74, 6) is -0.677. The van der Waals surface area contributed by atoms with Gasteiger partial charge in [0.1, 0.15) is 10.9 Å². The van der Waals surface area contributed by atoms with Gasteiger partial charge in [-0.3, -0.25) is 14.5 Å². The average molecular weight is 441 g/mol. The molecule has 1 amide bonds. The summed E-state index contributed by atoms with van der Waals surface area (Å²) in [7, 11) is 1.85. The first kappa shape index (κ1) is 20.2. The van der Waals surface area contributed by atoms with Gasteiger partial charge < -0.3 is 9.84 Å². The molecule has 3 heterocycles. The third kappa shape index (κ3) is 3.51. The molecule has 0 spiro atoms. The van der Waals surface area contributed by atoms with Gasteiger partial charge in [-0.25, -0.2) is 0 Å². The molecule has 7 nitrogen and oxygen atoms in total. The minimum atomic E-state index is -4.40. The standard InChI is InChI=1S/C22H18F3N5O2/c1-30-17-9-15(11-26-16(17)12-27-30)14-4-2-13(3-5-14)8-20(31)28-19-10-18(32-29-19)21(6-7-21)22(23,24)25/h2-5,9-12H,6-8H2,1H3,(H,28,29,31). The molecule has 1 saturated carbocycles. The van der Waals surface area contributed by atoms with E-state index in [0.717, 1.165) is 33.8 Å². The molecule has 1 N–H and O–H groups in total. The number of pyridine rings is 1. The van der Waals surface area contributed by atoms with Crippen LogP contribution in [0.25, 0.3) is 22.2 Å². The number of carbonyl (C=O) groups excluding carboxylic acids is 1. The monoisotopic (exact) mass is 441 g/mol. The Labute approximate surface area is 180 Å². The third-order valence-electron chi connectivity index (χ3n) is 5.79. The molecule has 0 unspecified atom stereocenters. The van der Waals surface area contributed by atoms with Crippen LogP contribution in [-0.2, 0) is 23.7 Å². The third-order valence-corrected chi connectivity index (χ3v) is 5.79.